The molecule has 14 heavy (non-hydrogen) atoms. The fourth-order valence-electron chi connectivity index (χ4n) is 0.966. The molecule has 0 atom stereocenters. The van der Waals surface area contributed by atoms with Crippen LogP contribution in [0.25, 0.3) is 0 Å². The van der Waals surface area contributed by atoms with Crippen molar-refractivity contribution in [1.82, 2.24) is 0 Å². The molecule has 0 unspecified atom stereocenters. The maximum Gasteiger partial charge on any atom is 0.255 e. The minimum atomic E-state index is -0.968. The lowest BCUT2D eigenvalue weighted by Crippen LogP contribution is -2.00. The van der Waals surface area contributed by atoms with Gasteiger partial charge >= 0.3 is 0 Å². The van der Waals surface area contributed by atoms with Gasteiger partial charge < -0.3 is 4.74 Å². The molecule has 1 aromatic carbocycles. The number of carbonyl (C=O) groups is 2. The molecule has 0 radical (unpaired) electrons. The van der Waals surface area contributed by atoms with Crippen molar-refractivity contribution in [3.05, 3.63) is 29.1 Å². The Morgan fingerprint density at radius 1 is 1.57 bits per heavy atom. The fourth-order valence-corrected chi connectivity index (χ4v) is 1.10. The van der Waals surface area contributed by atoms with Crippen LogP contribution in [-0.4, -0.2) is 18.6 Å². The van der Waals surface area contributed by atoms with Crippen LogP contribution in [0.4, 0.5) is 4.39 Å². The third-order valence-electron chi connectivity index (χ3n) is 1.65. The molecule has 0 aliphatic rings. The second kappa shape index (κ2) is 4.19. The highest BCUT2D eigenvalue weighted by atomic mass is 35.5. The molecule has 0 bridgehead atoms. The van der Waals surface area contributed by atoms with Crippen LogP contribution in [0.1, 0.15) is 20.7 Å². The predicted octanol–water partition coefficient (Wildman–Crippen LogP) is 2.03. The fraction of sp³-hybridized carbons (Fsp3) is 0.111. The normalized spacial score (nSPS) is 9.64. The van der Waals surface area contributed by atoms with E-state index in [1.165, 1.54) is 13.2 Å². The summed E-state index contributed by atoms with van der Waals surface area (Å²) in [7, 11) is 1.34. The summed E-state index contributed by atoms with van der Waals surface area (Å²) >= 11 is 5.12. The monoisotopic (exact) mass is 216 g/mol. The van der Waals surface area contributed by atoms with Gasteiger partial charge in [0.05, 0.1) is 18.2 Å². The summed E-state index contributed by atoms with van der Waals surface area (Å²) in [5.74, 6) is -0.724. The van der Waals surface area contributed by atoms with Crippen molar-refractivity contribution < 1.29 is 18.7 Å². The predicted molar refractivity (Wildman–Crippen MR) is 48.5 cm³/mol. The molecular formula is C9H6ClFO3. The van der Waals surface area contributed by atoms with E-state index in [0.29, 0.717) is 6.29 Å². The van der Waals surface area contributed by atoms with Gasteiger partial charge in [-0.3, -0.25) is 9.59 Å². The van der Waals surface area contributed by atoms with E-state index in [0.717, 1.165) is 6.07 Å². The van der Waals surface area contributed by atoms with Crippen LogP contribution in [0.15, 0.2) is 12.1 Å². The molecule has 0 saturated heterocycles. The first-order valence-electron chi connectivity index (χ1n) is 3.62. The molecule has 1 rings (SSSR count). The van der Waals surface area contributed by atoms with Crippen molar-refractivity contribution in [3.63, 3.8) is 0 Å². The zero-order valence-electron chi connectivity index (χ0n) is 7.21. The van der Waals surface area contributed by atoms with E-state index < -0.39 is 11.1 Å². The Kier molecular flexibility index (Phi) is 3.19. The average molecular weight is 217 g/mol. The zero-order valence-corrected chi connectivity index (χ0v) is 7.97. The molecule has 0 heterocycles. The Morgan fingerprint density at radius 3 is 2.64 bits per heavy atom. The van der Waals surface area contributed by atoms with Gasteiger partial charge in [-0.1, -0.05) is 0 Å². The Morgan fingerprint density at radius 2 is 2.21 bits per heavy atom. The highest BCUT2D eigenvalue weighted by molar-refractivity contribution is 6.67. The van der Waals surface area contributed by atoms with E-state index in [9.17, 15) is 14.0 Å². The summed E-state index contributed by atoms with van der Waals surface area (Å²) in [4.78, 5) is 21.2. The molecule has 0 aromatic heterocycles. The van der Waals surface area contributed by atoms with E-state index in [4.69, 9.17) is 16.3 Å². The molecular weight excluding hydrogens is 211 g/mol. The number of aldehydes is 1. The molecule has 5 heteroatoms. The lowest BCUT2D eigenvalue weighted by Gasteiger charge is -2.04. The maximum absolute atomic E-state index is 13.2. The summed E-state index contributed by atoms with van der Waals surface area (Å²) in [5, 5.41) is -0.968. The standard InChI is InChI=1S/C9H6ClFO3/c1-14-6-2-5(4-12)8(11)7(3-6)9(10)13/h2-4H,1H3. The smallest absolute Gasteiger partial charge is 0.255 e. The SMILES string of the molecule is COc1cc(C=O)c(F)c(C(=O)Cl)c1. The van der Waals surface area contributed by atoms with Gasteiger partial charge in [0.15, 0.2) is 6.29 Å². The molecule has 0 aliphatic heterocycles. The second-order valence-electron chi connectivity index (χ2n) is 2.47. The van der Waals surface area contributed by atoms with Crippen LogP contribution in [0.2, 0.25) is 0 Å². The minimum absolute atomic E-state index is 0.206. The number of ether oxygens (including phenoxy) is 1. The van der Waals surface area contributed by atoms with E-state index in [1.54, 1.807) is 0 Å². The van der Waals surface area contributed by atoms with Crippen molar-refractivity contribution in [1.29, 1.82) is 0 Å². The van der Waals surface area contributed by atoms with Crippen molar-refractivity contribution in [2.75, 3.05) is 7.11 Å². The first-order chi connectivity index (χ1) is 6.60. The van der Waals surface area contributed by atoms with Gasteiger partial charge in [0.1, 0.15) is 11.6 Å². The summed E-state index contributed by atoms with van der Waals surface area (Å²) in [6, 6.07) is 2.32. The van der Waals surface area contributed by atoms with Crippen LogP contribution in [0.3, 0.4) is 0 Å². The maximum atomic E-state index is 13.2. The van der Waals surface area contributed by atoms with E-state index in [-0.39, 0.29) is 16.9 Å². The first kappa shape index (κ1) is 10.7. The quantitative estimate of drug-likeness (QED) is 0.574. The van der Waals surface area contributed by atoms with Crippen LogP contribution >= 0.6 is 11.6 Å². The number of benzene rings is 1. The van der Waals surface area contributed by atoms with E-state index >= 15 is 0 Å². The van der Waals surface area contributed by atoms with Gasteiger partial charge in [-0.25, -0.2) is 4.39 Å². The third-order valence-corrected chi connectivity index (χ3v) is 1.85. The zero-order chi connectivity index (χ0) is 10.7. The minimum Gasteiger partial charge on any atom is -0.497 e. The van der Waals surface area contributed by atoms with Gasteiger partial charge in [0.2, 0.25) is 0 Å². The molecule has 0 aliphatic carbocycles. The summed E-state index contributed by atoms with van der Waals surface area (Å²) in [6.07, 6.45) is 0.293. The molecule has 0 fully saturated rings. The molecule has 3 nitrogen and oxygen atoms in total. The van der Waals surface area contributed by atoms with Crippen LogP contribution in [-0.2, 0) is 0 Å². The van der Waals surface area contributed by atoms with Gasteiger partial charge in [0.25, 0.3) is 5.24 Å². The summed E-state index contributed by atoms with van der Waals surface area (Å²) in [6.45, 7) is 0. The Balaban J connectivity index is 3.41. The highest BCUT2D eigenvalue weighted by Crippen LogP contribution is 2.21. The van der Waals surface area contributed by atoms with Gasteiger partial charge in [-0.15, -0.1) is 0 Å². The molecule has 74 valence electrons. The van der Waals surface area contributed by atoms with Gasteiger partial charge in [-0.2, -0.15) is 0 Å². The van der Waals surface area contributed by atoms with Crippen LogP contribution < -0.4 is 4.74 Å². The molecule has 0 amide bonds. The number of halogens is 2. The molecule has 1 aromatic rings. The number of methoxy groups -OCH3 is 1. The molecule has 0 saturated carbocycles. The number of hydrogen-bond acceptors (Lipinski definition) is 3. The van der Waals surface area contributed by atoms with Gasteiger partial charge in [-0.05, 0) is 23.7 Å². The highest BCUT2D eigenvalue weighted by Gasteiger charge is 2.15. The largest absolute Gasteiger partial charge is 0.497 e. The third kappa shape index (κ3) is 1.90. The molecule has 0 N–H and O–H groups in total. The lowest BCUT2D eigenvalue weighted by molar-refractivity contribution is 0.107. The number of rotatable bonds is 3. The topological polar surface area (TPSA) is 43.4 Å². The van der Waals surface area contributed by atoms with Crippen molar-refractivity contribution in [3.8, 4) is 5.75 Å². The van der Waals surface area contributed by atoms with Crippen molar-refractivity contribution in [2.24, 2.45) is 0 Å². The van der Waals surface area contributed by atoms with Gasteiger partial charge in [0, 0.05) is 0 Å². The number of hydrogen-bond donors (Lipinski definition) is 0. The molecule has 0 spiro atoms. The average Bonchev–Trinajstić information content (AvgIpc) is 2.17. The Labute approximate surface area is 84.4 Å². The Hall–Kier alpha value is -1.42. The summed E-state index contributed by atoms with van der Waals surface area (Å²) in [5.41, 5.74) is -0.624. The lowest BCUT2D eigenvalue weighted by atomic mass is 10.1. The van der Waals surface area contributed by atoms with E-state index in [2.05, 4.69) is 0 Å². The van der Waals surface area contributed by atoms with E-state index in [1.807, 2.05) is 0 Å². The summed E-state index contributed by atoms with van der Waals surface area (Å²) < 4.78 is 18.0. The Bertz CT molecular complexity index is 390. The number of carbonyl (C=O) groups excluding carboxylic acids is 2. The first-order valence-corrected chi connectivity index (χ1v) is 4.00. The van der Waals surface area contributed by atoms with Crippen LogP contribution in [0.5, 0.6) is 5.75 Å². The second-order valence-corrected chi connectivity index (χ2v) is 2.81. The van der Waals surface area contributed by atoms with Crippen LogP contribution in [0, 0.1) is 5.82 Å². The van der Waals surface area contributed by atoms with Crippen molar-refractivity contribution >= 4 is 23.1 Å². The van der Waals surface area contributed by atoms with Crippen molar-refractivity contribution in [2.45, 2.75) is 0 Å².